The number of rotatable bonds is 4. The molecule has 1 saturated carbocycles. The third-order valence-corrected chi connectivity index (χ3v) is 6.68. The number of quaternary nitrogens is 1. The molecule has 2 aliphatic rings. The molecular formula is C18H25ClN5S+. The molecule has 2 heterocycles. The van der Waals surface area contributed by atoms with Crippen molar-refractivity contribution in [2.24, 2.45) is 0 Å². The number of thioether (sulfide) groups is 1. The largest absolute Gasteiger partial charge is 0.321 e. The van der Waals surface area contributed by atoms with E-state index in [-0.39, 0.29) is 6.04 Å². The summed E-state index contributed by atoms with van der Waals surface area (Å²) in [7, 11) is 0. The van der Waals surface area contributed by atoms with Crippen LogP contribution in [0.4, 0.5) is 0 Å². The molecule has 0 spiro atoms. The molecule has 134 valence electrons. The number of aromatic nitrogens is 4. The van der Waals surface area contributed by atoms with Gasteiger partial charge in [-0.25, -0.2) is 4.68 Å². The molecule has 1 N–H and O–H groups in total. The second kappa shape index (κ2) is 8.06. The Morgan fingerprint density at radius 1 is 1.08 bits per heavy atom. The minimum absolute atomic E-state index is 0.190. The Kier molecular flexibility index (Phi) is 5.58. The van der Waals surface area contributed by atoms with Gasteiger partial charge in [0.2, 0.25) is 5.82 Å². The van der Waals surface area contributed by atoms with Crippen molar-refractivity contribution in [3.8, 4) is 0 Å². The van der Waals surface area contributed by atoms with Crippen molar-refractivity contribution in [1.82, 2.24) is 20.2 Å². The predicted octanol–water partition coefficient (Wildman–Crippen LogP) is 2.55. The summed E-state index contributed by atoms with van der Waals surface area (Å²) in [6.07, 6.45) is 6.28. The number of tetrazole rings is 1. The van der Waals surface area contributed by atoms with Crippen LogP contribution in [0.2, 0.25) is 5.02 Å². The van der Waals surface area contributed by atoms with Crippen LogP contribution in [0.15, 0.2) is 24.3 Å². The summed E-state index contributed by atoms with van der Waals surface area (Å²) in [6.45, 7) is 2.30. The van der Waals surface area contributed by atoms with E-state index in [4.69, 9.17) is 11.6 Å². The van der Waals surface area contributed by atoms with Gasteiger partial charge in [0.15, 0.2) is 6.04 Å². The van der Waals surface area contributed by atoms with Gasteiger partial charge in [-0.1, -0.05) is 43.0 Å². The minimum atomic E-state index is 0.190. The first-order chi connectivity index (χ1) is 12.3. The summed E-state index contributed by atoms with van der Waals surface area (Å²) in [4.78, 5) is 1.56. The van der Waals surface area contributed by atoms with Gasteiger partial charge in [-0.15, -0.1) is 5.10 Å². The van der Waals surface area contributed by atoms with Crippen molar-refractivity contribution in [2.75, 3.05) is 24.6 Å². The van der Waals surface area contributed by atoms with Crippen LogP contribution in [0.25, 0.3) is 0 Å². The van der Waals surface area contributed by atoms with Crippen LogP contribution in [0.5, 0.6) is 0 Å². The SMILES string of the molecule is Clc1ccc([C@H](c2nnnn2C2CCCCC2)[NH+]2CCSCC2)cc1. The molecule has 1 saturated heterocycles. The van der Waals surface area contributed by atoms with Crippen molar-refractivity contribution in [2.45, 2.75) is 44.2 Å². The van der Waals surface area contributed by atoms with E-state index >= 15 is 0 Å². The molecular weight excluding hydrogens is 354 g/mol. The van der Waals surface area contributed by atoms with E-state index < -0.39 is 0 Å². The first-order valence-corrected chi connectivity index (χ1v) is 10.8. The predicted molar refractivity (Wildman–Crippen MR) is 101 cm³/mol. The normalized spacial score (nSPS) is 21.3. The highest BCUT2D eigenvalue weighted by Gasteiger charge is 2.34. The van der Waals surface area contributed by atoms with E-state index in [1.54, 1.807) is 4.90 Å². The van der Waals surface area contributed by atoms with Crippen molar-refractivity contribution in [1.29, 1.82) is 0 Å². The summed E-state index contributed by atoms with van der Waals surface area (Å²) in [5.74, 6) is 3.42. The van der Waals surface area contributed by atoms with Crippen LogP contribution in [0, 0.1) is 0 Å². The fourth-order valence-electron chi connectivity index (χ4n) is 4.12. The molecule has 1 atom stereocenters. The zero-order chi connectivity index (χ0) is 17.1. The molecule has 1 aromatic carbocycles. The smallest absolute Gasteiger partial charge is 0.214 e. The third-order valence-electron chi connectivity index (χ3n) is 5.44. The fraction of sp³-hybridized carbons (Fsp3) is 0.611. The highest BCUT2D eigenvalue weighted by atomic mass is 35.5. The van der Waals surface area contributed by atoms with Gasteiger partial charge in [0, 0.05) is 22.1 Å². The molecule has 7 heteroatoms. The highest BCUT2D eigenvalue weighted by Crippen LogP contribution is 2.30. The Bertz CT molecular complexity index is 677. The first-order valence-electron chi connectivity index (χ1n) is 9.28. The molecule has 0 radical (unpaired) electrons. The number of hydrogen-bond donors (Lipinski definition) is 1. The second-order valence-corrected chi connectivity index (χ2v) is 8.69. The topological polar surface area (TPSA) is 48.0 Å². The van der Waals surface area contributed by atoms with E-state index in [9.17, 15) is 0 Å². The van der Waals surface area contributed by atoms with E-state index in [1.165, 1.54) is 49.2 Å². The van der Waals surface area contributed by atoms with E-state index in [2.05, 4.69) is 32.3 Å². The summed E-state index contributed by atoms with van der Waals surface area (Å²) in [6, 6.07) is 8.89. The van der Waals surface area contributed by atoms with Gasteiger partial charge in [0.05, 0.1) is 19.1 Å². The monoisotopic (exact) mass is 378 g/mol. The van der Waals surface area contributed by atoms with Crippen molar-refractivity contribution >= 4 is 23.4 Å². The molecule has 1 aromatic heterocycles. The molecule has 5 nitrogen and oxygen atoms in total. The van der Waals surface area contributed by atoms with Crippen molar-refractivity contribution in [3.05, 3.63) is 40.7 Å². The summed E-state index contributed by atoms with van der Waals surface area (Å²) < 4.78 is 2.13. The number of hydrogen-bond acceptors (Lipinski definition) is 4. The van der Waals surface area contributed by atoms with E-state index in [1.807, 2.05) is 23.9 Å². The Morgan fingerprint density at radius 2 is 1.80 bits per heavy atom. The first kappa shape index (κ1) is 17.3. The van der Waals surface area contributed by atoms with Crippen molar-refractivity contribution < 1.29 is 4.90 Å². The lowest BCUT2D eigenvalue weighted by Gasteiger charge is -2.32. The van der Waals surface area contributed by atoms with Crippen LogP contribution in [-0.2, 0) is 0 Å². The highest BCUT2D eigenvalue weighted by molar-refractivity contribution is 7.99. The Hall–Kier alpha value is -1.11. The molecule has 4 rings (SSSR count). The second-order valence-electron chi connectivity index (χ2n) is 7.03. The quantitative estimate of drug-likeness (QED) is 0.888. The van der Waals surface area contributed by atoms with Gasteiger partial charge in [-0.2, -0.15) is 11.8 Å². The molecule has 2 fully saturated rings. The standard InChI is InChI=1S/C18H24ClN5S/c19-15-8-6-14(7-9-15)17(23-10-12-25-13-11-23)18-20-21-22-24(18)16-4-2-1-3-5-16/h6-9,16-17H,1-5,10-13H2/p+1/t17-/m1/s1. The van der Waals surface area contributed by atoms with Crippen LogP contribution >= 0.6 is 23.4 Å². The van der Waals surface area contributed by atoms with E-state index in [0.717, 1.165) is 23.9 Å². The Morgan fingerprint density at radius 3 is 2.52 bits per heavy atom. The molecule has 1 aliphatic heterocycles. The average Bonchev–Trinajstić information content (AvgIpc) is 3.14. The van der Waals surface area contributed by atoms with Crippen LogP contribution in [0.1, 0.15) is 55.6 Å². The number of halogens is 1. The lowest BCUT2D eigenvalue weighted by Crippen LogP contribution is -3.14. The van der Waals surface area contributed by atoms with Crippen molar-refractivity contribution in [3.63, 3.8) is 0 Å². The number of benzene rings is 1. The van der Waals surface area contributed by atoms with Crippen LogP contribution in [-0.4, -0.2) is 44.8 Å². The zero-order valence-corrected chi connectivity index (χ0v) is 16.0. The lowest BCUT2D eigenvalue weighted by molar-refractivity contribution is -0.922. The van der Waals surface area contributed by atoms with Gasteiger partial charge < -0.3 is 4.90 Å². The Balaban J connectivity index is 1.70. The molecule has 1 aliphatic carbocycles. The maximum Gasteiger partial charge on any atom is 0.214 e. The molecule has 25 heavy (non-hydrogen) atoms. The average molecular weight is 379 g/mol. The van der Waals surface area contributed by atoms with Gasteiger partial charge in [0.25, 0.3) is 0 Å². The molecule has 2 aromatic rings. The lowest BCUT2D eigenvalue weighted by atomic mass is 9.95. The van der Waals surface area contributed by atoms with E-state index in [0.29, 0.717) is 6.04 Å². The maximum atomic E-state index is 6.12. The maximum absolute atomic E-state index is 6.12. The summed E-state index contributed by atoms with van der Waals surface area (Å²) in [5, 5.41) is 13.8. The van der Waals surface area contributed by atoms with Gasteiger partial charge in [0.1, 0.15) is 0 Å². The summed E-state index contributed by atoms with van der Waals surface area (Å²) in [5.41, 5.74) is 1.26. The van der Waals surface area contributed by atoms with Gasteiger partial charge in [-0.3, -0.25) is 0 Å². The number of nitrogens with one attached hydrogen (secondary N) is 1. The Labute approximate surface area is 158 Å². The van der Waals surface area contributed by atoms with Crippen LogP contribution in [0.3, 0.4) is 0 Å². The van der Waals surface area contributed by atoms with Gasteiger partial charge >= 0.3 is 0 Å². The molecule has 0 unspecified atom stereocenters. The summed E-state index contributed by atoms with van der Waals surface area (Å²) >= 11 is 8.17. The zero-order valence-electron chi connectivity index (χ0n) is 14.4. The number of nitrogens with zero attached hydrogens (tertiary/aromatic N) is 4. The molecule has 0 amide bonds. The third kappa shape index (κ3) is 3.86. The molecule has 0 bridgehead atoms. The fourth-order valence-corrected chi connectivity index (χ4v) is 5.26. The minimum Gasteiger partial charge on any atom is -0.321 e. The van der Waals surface area contributed by atoms with Crippen LogP contribution < -0.4 is 4.90 Å². The van der Waals surface area contributed by atoms with Gasteiger partial charge in [-0.05, 0) is 35.4 Å².